The molecule has 25 heavy (non-hydrogen) atoms. The van der Waals surface area contributed by atoms with Crippen molar-refractivity contribution in [3.05, 3.63) is 35.9 Å². The molecule has 1 aromatic carbocycles. The highest BCUT2D eigenvalue weighted by molar-refractivity contribution is 5.80. The standard InChI is InChI=1S/C20H29N3O2/c1-21-19(22-13-16(24)14-7-3-2-4-8-14)23-17-15-9-12-25-18(15)20(17)10-5-6-11-20/h2-4,7-8,15-18,24H,5-6,9-13H2,1H3,(H2,21,22,23). The van der Waals surface area contributed by atoms with Crippen molar-refractivity contribution < 1.29 is 9.84 Å². The number of nitrogens with zero attached hydrogens (tertiary/aromatic N) is 1. The molecular formula is C20H29N3O2. The van der Waals surface area contributed by atoms with Crippen LogP contribution in [0.15, 0.2) is 35.3 Å². The van der Waals surface area contributed by atoms with Crippen LogP contribution in [0.3, 0.4) is 0 Å². The van der Waals surface area contributed by atoms with Crippen LogP contribution in [0.25, 0.3) is 0 Å². The molecule has 1 saturated heterocycles. The number of hydrogen-bond acceptors (Lipinski definition) is 3. The van der Waals surface area contributed by atoms with Gasteiger partial charge in [0.1, 0.15) is 0 Å². The van der Waals surface area contributed by atoms with Crippen molar-refractivity contribution in [1.82, 2.24) is 10.6 Å². The van der Waals surface area contributed by atoms with Crippen LogP contribution < -0.4 is 10.6 Å². The van der Waals surface area contributed by atoms with Gasteiger partial charge in [0.25, 0.3) is 0 Å². The third-order valence-electron chi connectivity index (χ3n) is 6.45. The minimum Gasteiger partial charge on any atom is -0.387 e. The van der Waals surface area contributed by atoms with E-state index in [1.807, 2.05) is 30.3 Å². The van der Waals surface area contributed by atoms with E-state index < -0.39 is 6.10 Å². The highest BCUT2D eigenvalue weighted by Crippen LogP contribution is 2.60. The number of aliphatic imine (C=N–C) groups is 1. The summed E-state index contributed by atoms with van der Waals surface area (Å²) in [5.41, 5.74) is 1.22. The first kappa shape index (κ1) is 16.9. The zero-order valence-electron chi connectivity index (χ0n) is 14.9. The predicted molar refractivity (Wildman–Crippen MR) is 98.4 cm³/mol. The van der Waals surface area contributed by atoms with Gasteiger partial charge in [-0.25, -0.2) is 0 Å². The van der Waals surface area contributed by atoms with E-state index in [1.165, 1.54) is 25.7 Å². The average Bonchev–Trinajstić information content (AvgIpc) is 3.31. The van der Waals surface area contributed by atoms with Crippen molar-refractivity contribution in [3.63, 3.8) is 0 Å². The second-order valence-corrected chi connectivity index (χ2v) is 7.69. The number of guanidine groups is 1. The highest BCUT2D eigenvalue weighted by atomic mass is 16.5. The fraction of sp³-hybridized carbons (Fsp3) is 0.650. The summed E-state index contributed by atoms with van der Waals surface area (Å²) in [7, 11) is 1.80. The lowest BCUT2D eigenvalue weighted by molar-refractivity contribution is -0.125. The van der Waals surface area contributed by atoms with E-state index in [0.29, 0.717) is 30.0 Å². The van der Waals surface area contributed by atoms with Gasteiger partial charge in [0.2, 0.25) is 0 Å². The van der Waals surface area contributed by atoms with E-state index in [1.54, 1.807) is 7.05 Å². The van der Waals surface area contributed by atoms with Crippen molar-refractivity contribution in [2.24, 2.45) is 16.3 Å². The normalized spacial score (nSPS) is 31.4. The van der Waals surface area contributed by atoms with E-state index in [-0.39, 0.29) is 0 Å². The van der Waals surface area contributed by atoms with Crippen molar-refractivity contribution >= 4 is 5.96 Å². The Hall–Kier alpha value is -1.59. The van der Waals surface area contributed by atoms with Gasteiger partial charge >= 0.3 is 0 Å². The van der Waals surface area contributed by atoms with Crippen LogP contribution in [-0.2, 0) is 4.74 Å². The summed E-state index contributed by atoms with van der Waals surface area (Å²) < 4.78 is 6.05. The zero-order valence-corrected chi connectivity index (χ0v) is 14.9. The van der Waals surface area contributed by atoms with Crippen LogP contribution in [-0.4, -0.2) is 43.4 Å². The summed E-state index contributed by atoms with van der Waals surface area (Å²) in [5, 5.41) is 17.3. The Balaban J connectivity index is 1.37. The molecule has 4 unspecified atom stereocenters. The van der Waals surface area contributed by atoms with Crippen LogP contribution in [0.5, 0.6) is 0 Å². The summed E-state index contributed by atoms with van der Waals surface area (Å²) in [6.45, 7) is 1.35. The van der Waals surface area contributed by atoms with Crippen LogP contribution >= 0.6 is 0 Å². The molecule has 0 radical (unpaired) electrons. The Labute approximate surface area is 149 Å². The smallest absolute Gasteiger partial charge is 0.191 e. The molecule has 1 aliphatic heterocycles. The van der Waals surface area contributed by atoms with Gasteiger partial charge < -0.3 is 20.5 Å². The molecule has 4 atom stereocenters. The number of aliphatic hydroxyl groups is 1. The van der Waals surface area contributed by atoms with Crippen molar-refractivity contribution in [1.29, 1.82) is 0 Å². The molecule has 0 amide bonds. The quantitative estimate of drug-likeness (QED) is 0.579. The van der Waals surface area contributed by atoms with Crippen LogP contribution in [0.4, 0.5) is 0 Å². The maximum absolute atomic E-state index is 10.4. The number of fused-ring (bicyclic) bond motifs is 2. The van der Waals surface area contributed by atoms with Gasteiger partial charge in [0.15, 0.2) is 5.96 Å². The Morgan fingerprint density at radius 2 is 2.08 bits per heavy atom. The fourth-order valence-corrected chi connectivity index (χ4v) is 5.23. The first-order valence-electron chi connectivity index (χ1n) is 9.56. The fourth-order valence-electron chi connectivity index (χ4n) is 5.23. The van der Waals surface area contributed by atoms with Crippen molar-refractivity contribution in [3.8, 4) is 0 Å². The molecule has 0 aromatic heterocycles. The Morgan fingerprint density at radius 3 is 2.80 bits per heavy atom. The van der Waals surface area contributed by atoms with Gasteiger partial charge in [0.05, 0.1) is 12.2 Å². The lowest BCUT2D eigenvalue weighted by Crippen LogP contribution is -2.69. The maximum atomic E-state index is 10.4. The second-order valence-electron chi connectivity index (χ2n) is 7.69. The van der Waals surface area contributed by atoms with Gasteiger partial charge in [-0.1, -0.05) is 43.2 Å². The summed E-state index contributed by atoms with van der Waals surface area (Å²) in [5.74, 6) is 1.40. The minimum atomic E-state index is -0.538. The number of hydrogen-bond donors (Lipinski definition) is 3. The third-order valence-corrected chi connectivity index (χ3v) is 6.45. The van der Waals surface area contributed by atoms with E-state index in [4.69, 9.17) is 4.74 Å². The van der Waals surface area contributed by atoms with Gasteiger partial charge in [0, 0.05) is 37.6 Å². The molecular weight excluding hydrogens is 314 g/mol. The lowest BCUT2D eigenvalue weighted by Gasteiger charge is -2.57. The van der Waals surface area contributed by atoms with E-state index in [2.05, 4.69) is 15.6 Å². The molecule has 4 rings (SSSR count). The molecule has 5 nitrogen and oxygen atoms in total. The molecule has 3 N–H and O–H groups in total. The lowest BCUT2D eigenvalue weighted by atomic mass is 9.54. The van der Waals surface area contributed by atoms with Gasteiger partial charge in [-0.2, -0.15) is 0 Å². The molecule has 1 aromatic rings. The van der Waals surface area contributed by atoms with E-state index >= 15 is 0 Å². The largest absolute Gasteiger partial charge is 0.387 e. The van der Waals surface area contributed by atoms with E-state index in [9.17, 15) is 5.11 Å². The third kappa shape index (κ3) is 2.93. The highest BCUT2D eigenvalue weighted by Gasteiger charge is 2.65. The number of rotatable bonds is 4. The van der Waals surface area contributed by atoms with E-state index in [0.717, 1.165) is 24.6 Å². The Bertz CT molecular complexity index is 613. The van der Waals surface area contributed by atoms with Crippen LogP contribution in [0, 0.1) is 11.3 Å². The van der Waals surface area contributed by atoms with Gasteiger partial charge in [-0.05, 0) is 24.8 Å². The zero-order chi connectivity index (χ0) is 17.3. The molecule has 3 aliphatic rings. The molecule has 0 bridgehead atoms. The van der Waals surface area contributed by atoms with Gasteiger partial charge in [-0.3, -0.25) is 4.99 Å². The average molecular weight is 343 g/mol. The molecule has 136 valence electrons. The molecule has 1 spiro atoms. The first-order chi connectivity index (χ1) is 12.2. The van der Waals surface area contributed by atoms with Crippen molar-refractivity contribution in [2.45, 2.75) is 50.4 Å². The molecule has 2 saturated carbocycles. The number of ether oxygens (including phenoxy) is 1. The molecule has 1 heterocycles. The summed E-state index contributed by atoms with van der Waals surface area (Å²) in [6, 6.07) is 10.2. The van der Waals surface area contributed by atoms with Crippen LogP contribution in [0.1, 0.15) is 43.8 Å². The van der Waals surface area contributed by atoms with Crippen LogP contribution in [0.2, 0.25) is 0 Å². The first-order valence-corrected chi connectivity index (χ1v) is 9.56. The predicted octanol–water partition coefficient (Wildman–Crippen LogP) is 2.23. The molecule has 3 fully saturated rings. The monoisotopic (exact) mass is 343 g/mol. The van der Waals surface area contributed by atoms with Gasteiger partial charge in [-0.15, -0.1) is 0 Å². The summed E-state index contributed by atoms with van der Waals surface area (Å²) in [4.78, 5) is 4.39. The topological polar surface area (TPSA) is 65.9 Å². The number of nitrogens with one attached hydrogen (secondary N) is 2. The minimum absolute atomic E-state index is 0.302. The second kappa shape index (κ2) is 6.96. The Kier molecular flexibility index (Phi) is 4.69. The van der Waals surface area contributed by atoms with Crippen molar-refractivity contribution in [2.75, 3.05) is 20.2 Å². The summed E-state index contributed by atoms with van der Waals surface area (Å²) in [6.07, 6.45) is 6.19. The maximum Gasteiger partial charge on any atom is 0.191 e. The molecule has 2 aliphatic carbocycles. The molecule has 5 heteroatoms. The summed E-state index contributed by atoms with van der Waals surface area (Å²) >= 11 is 0. The SMILES string of the molecule is CN=C(NCC(O)c1ccccc1)NC1C2CCOC2C12CCCC2. The number of benzene rings is 1. The number of aliphatic hydroxyl groups excluding tert-OH is 1. The Morgan fingerprint density at radius 1 is 1.32 bits per heavy atom.